The molecule has 1 saturated carbocycles. The van der Waals surface area contributed by atoms with Crippen molar-refractivity contribution in [2.45, 2.75) is 44.1 Å². The molecule has 20 heavy (non-hydrogen) atoms. The van der Waals surface area contributed by atoms with Gasteiger partial charge in [-0.05, 0) is 66.5 Å². The van der Waals surface area contributed by atoms with Crippen molar-refractivity contribution < 1.29 is 9.53 Å². The standard InChI is InChI=1S/C16H18ClIO2/c17-12-3-4-14(18)13(9-12)15(19)11-5-8-20-16(10-11)6-1-2-7-16/h3-4,9,11H,1-2,5-8,10H2. The maximum atomic E-state index is 12.8. The fourth-order valence-corrected chi connectivity index (χ4v) is 4.30. The highest BCUT2D eigenvalue weighted by atomic mass is 127. The molecule has 0 aromatic heterocycles. The second-order valence-corrected chi connectivity index (χ2v) is 7.52. The molecule has 2 nitrogen and oxygen atoms in total. The number of Topliss-reactive ketones (excluding diaryl/α,β-unsaturated/α-hetero) is 1. The van der Waals surface area contributed by atoms with E-state index in [1.807, 2.05) is 18.2 Å². The lowest BCUT2D eigenvalue weighted by atomic mass is 9.81. The molecule has 1 saturated heterocycles. The third-order valence-corrected chi connectivity index (χ3v) is 5.75. The van der Waals surface area contributed by atoms with Crippen molar-refractivity contribution >= 4 is 40.0 Å². The first kappa shape index (κ1) is 14.8. The summed E-state index contributed by atoms with van der Waals surface area (Å²) in [6.07, 6.45) is 6.41. The third-order valence-electron chi connectivity index (χ3n) is 4.57. The van der Waals surface area contributed by atoms with Crippen LogP contribution in [-0.2, 0) is 4.74 Å². The van der Waals surface area contributed by atoms with Gasteiger partial charge in [-0.25, -0.2) is 0 Å². The number of carbonyl (C=O) groups excluding carboxylic acids is 1. The molecule has 0 N–H and O–H groups in total. The average molecular weight is 405 g/mol. The molecule has 2 aliphatic rings. The molecule has 4 heteroatoms. The molecule has 1 aliphatic carbocycles. The van der Waals surface area contributed by atoms with Gasteiger partial charge in [-0.2, -0.15) is 0 Å². The van der Waals surface area contributed by atoms with Crippen LogP contribution in [0.1, 0.15) is 48.9 Å². The Morgan fingerprint density at radius 3 is 2.85 bits per heavy atom. The van der Waals surface area contributed by atoms with E-state index in [4.69, 9.17) is 16.3 Å². The van der Waals surface area contributed by atoms with Crippen LogP contribution in [0.25, 0.3) is 0 Å². The zero-order chi connectivity index (χ0) is 14.2. The van der Waals surface area contributed by atoms with Crippen LogP contribution in [0.3, 0.4) is 0 Å². The normalized spacial score (nSPS) is 25.0. The number of benzene rings is 1. The molecule has 1 unspecified atom stereocenters. The fourth-order valence-electron chi connectivity index (χ4n) is 3.53. The number of halogens is 2. The molecular weight excluding hydrogens is 387 g/mol. The molecule has 1 aromatic rings. The molecule has 1 heterocycles. The molecule has 1 aliphatic heterocycles. The first-order valence-corrected chi connectivity index (χ1v) is 8.69. The second-order valence-electron chi connectivity index (χ2n) is 5.92. The van der Waals surface area contributed by atoms with Gasteiger partial charge in [-0.3, -0.25) is 4.79 Å². The molecule has 0 radical (unpaired) electrons. The number of rotatable bonds is 2. The Morgan fingerprint density at radius 1 is 1.35 bits per heavy atom. The van der Waals surface area contributed by atoms with Crippen LogP contribution < -0.4 is 0 Å². The van der Waals surface area contributed by atoms with Crippen LogP contribution in [0.2, 0.25) is 5.02 Å². The van der Waals surface area contributed by atoms with Crippen LogP contribution in [0.15, 0.2) is 18.2 Å². The van der Waals surface area contributed by atoms with E-state index in [0.29, 0.717) is 11.6 Å². The highest BCUT2D eigenvalue weighted by Crippen LogP contribution is 2.43. The minimum absolute atomic E-state index is 0.0113. The number of hydrogen-bond acceptors (Lipinski definition) is 2. The summed E-state index contributed by atoms with van der Waals surface area (Å²) in [5, 5.41) is 0.636. The van der Waals surface area contributed by atoms with Crippen molar-refractivity contribution in [3.05, 3.63) is 32.4 Å². The predicted molar refractivity (Wildman–Crippen MR) is 88.4 cm³/mol. The first-order valence-electron chi connectivity index (χ1n) is 7.23. The lowest BCUT2D eigenvalue weighted by molar-refractivity contribution is -0.0866. The quantitative estimate of drug-likeness (QED) is 0.519. The highest BCUT2D eigenvalue weighted by molar-refractivity contribution is 14.1. The SMILES string of the molecule is O=C(c1cc(Cl)ccc1I)C1CCOC2(CCCC2)C1. The topological polar surface area (TPSA) is 26.3 Å². The van der Waals surface area contributed by atoms with Gasteiger partial charge < -0.3 is 4.74 Å². The average Bonchev–Trinajstić information content (AvgIpc) is 2.88. The largest absolute Gasteiger partial charge is 0.375 e. The van der Waals surface area contributed by atoms with Crippen molar-refractivity contribution in [1.82, 2.24) is 0 Å². The van der Waals surface area contributed by atoms with Gasteiger partial charge >= 0.3 is 0 Å². The summed E-state index contributed by atoms with van der Waals surface area (Å²) >= 11 is 8.26. The van der Waals surface area contributed by atoms with Gasteiger partial charge in [-0.1, -0.05) is 24.4 Å². The second kappa shape index (κ2) is 5.93. The van der Waals surface area contributed by atoms with Crippen molar-refractivity contribution in [3.63, 3.8) is 0 Å². The molecular formula is C16H18ClIO2. The maximum absolute atomic E-state index is 12.8. The minimum Gasteiger partial charge on any atom is -0.375 e. The molecule has 1 spiro atoms. The van der Waals surface area contributed by atoms with Gasteiger partial charge in [0, 0.05) is 26.7 Å². The summed E-state index contributed by atoms with van der Waals surface area (Å²) in [5.41, 5.74) is 0.765. The molecule has 1 aromatic carbocycles. The number of carbonyl (C=O) groups is 1. The van der Waals surface area contributed by atoms with Crippen molar-refractivity contribution in [1.29, 1.82) is 0 Å². The summed E-state index contributed by atoms with van der Waals surface area (Å²) < 4.78 is 7.01. The third kappa shape index (κ3) is 2.90. The van der Waals surface area contributed by atoms with E-state index in [0.717, 1.165) is 34.8 Å². The maximum Gasteiger partial charge on any atom is 0.167 e. The molecule has 2 fully saturated rings. The first-order chi connectivity index (χ1) is 9.60. The van der Waals surface area contributed by atoms with Gasteiger partial charge in [0.25, 0.3) is 0 Å². The van der Waals surface area contributed by atoms with E-state index < -0.39 is 0 Å². The van der Waals surface area contributed by atoms with Crippen LogP contribution in [0.5, 0.6) is 0 Å². The number of ether oxygens (including phenoxy) is 1. The van der Waals surface area contributed by atoms with Gasteiger partial charge in [0.15, 0.2) is 5.78 Å². The zero-order valence-electron chi connectivity index (χ0n) is 11.3. The van der Waals surface area contributed by atoms with Crippen LogP contribution in [0.4, 0.5) is 0 Å². The zero-order valence-corrected chi connectivity index (χ0v) is 14.2. The Bertz CT molecular complexity index is 523. The predicted octanol–water partition coefficient (Wildman–Crippen LogP) is 4.87. The molecule has 0 amide bonds. The Balaban J connectivity index is 1.81. The lowest BCUT2D eigenvalue weighted by Crippen LogP contribution is -2.39. The van der Waals surface area contributed by atoms with E-state index >= 15 is 0 Å². The number of hydrogen-bond donors (Lipinski definition) is 0. The van der Waals surface area contributed by atoms with Crippen molar-refractivity contribution in [2.24, 2.45) is 5.92 Å². The summed E-state index contributed by atoms with van der Waals surface area (Å²) in [5.74, 6) is 0.334. The minimum atomic E-state index is -0.0113. The molecule has 108 valence electrons. The summed E-state index contributed by atoms with van der Waals surface area (Å²) in [7, 11) is 0. The summed E-state index contributed by atoms with van der Waals surface area (Å²) in [6, 6.07) is 5.56. The highest BCUT2D eigenvalue weighted by Gasteiger charge is 2.42. The van der Waals surface area contributed by atoms with E-state index in [2.05, 4.69) is 22.6 Å². The Morgan fingerprint density at radius 2 is 2.10 bits per heavy atom. The van der Waals surface area contributed by atoms with E-state index in [9.17, 15) is 4.79 Å². The summed E-state index contributed by atoms with van der Waals surface area (Å²) in [6.45, 7) is 0.716. The Kier molecular flexibility index (Phi) is 4.39. The fraction of sp³-hybridized carbons (Fsp3) is 0.562. The molecule has 1 atom stereocenters. The van der Waals surface area contributed by atoms with Crippen molar-refractivity contribution in [2.75, 3.05) is 6.61 Å². The van der Waals surface area contributed by atoms with Crippen molar-refractivity contribution in [3.8, 4) is 0 Å². The summed E-state index contributed by atoms with van der Waals surface area (Å²) in [4.78, 5) is 12.8. The van der Waals surface area contributed by atoms with E-state index in [1.165, 1.54) is 12.8 Å². The smallest absolute Gasteiger partial charge is 0.167 e. The Hall–Kier alpha value is -0.130. The lowest BCUT2D eigenvalue weighted by Gasteiger charge is -2.37. The van der Waals surface area contributed by atoms with E-state index in [1.54, 1.807) is 0 Å². The molecule has 3 rings (SSSR count). The monoisotopic (exact) mass is 404 g/mol. The van der Waals surface area contributed by atoms with Gasteiger partial charge in [0.1, 0.15) is 0 Å². The van der Waals surface area contributed by atoms with Crippen LogP contribution >= 0.6 is 34.2 Å². The van der Waals surface area contributed by atoms with Crippen LogP contribution in [-0.4, -0.2) is 18.0 Å². The van der Waals surface area contributed by atoms with Crippen LogP contribution in [0, 0.1) is 9.49 Å². The molecule has 0 bridgehead atoms. The van der Waals surface area contributed by atoms with Gasteiger partial charge in [0.2, 0.25) is 0 Å². The van der Waals surface area contributed by atoms with Gasteiger partial charge in [-0.15, -0.1) is 0 Å². The Labute approximate surface area is 138 Å². The number of ketones is 1. The van der Waals surface area contributed by atoms with Gasteiger partial charge in [0.05, 0.1) is 5.60 Å². The van der Waals surface area contributed by atoms with E-state index in [-0.39, 0.29) is 17.3 Å².